The van der Waals surface area contributed by atoms with Gasteiger partial charge >= 0.3 is 0 Å². The first-order valence-corrected chi connectivity index (χ1v) is 6.32. The van der Waals surface area contributed by atoms with Crippen molar-refractivity contribution in [2.75, 3.05) is 26.2 Å². The van der Waals surface area contributed by atoms with Crippen LogP contribution in [0, 0.1) is 5.92 Å². The molecule has 4 heteroatoms. The first kappa shape index (κ1) is 11.9. The highest BCUT2D eigenvalue weighted by Crippen LogP contribution is 2.22. The lowest BCUT2D eigenvalue weighted by Crippen LogP contribution is -2.51. The number of morpholine rings is 1. The van der Waals surface area contributed by atoms with E-state index in [4.69, 9.17) is 10.5 Å². The SMILES string of the molecule is CC(C)CN=C(N)C1CN2CCCC2CO1. The molecule has 2 N–H and O–H groups in total. The minimum absolute atomic E-state index is 0.0214. The average molecular weight is 225 g/mol. The number of amidine groups is 1. The van der Waals surface area contributed by atoms with Crippen LogP contribution in [0.3, 0.4) is 0 Å². The molecule has 4 nitrogen and oxygen atoms in total. The third kappa shape index (κ3) is 2.74. The van der Waals surface area contributed by atoms with Crippen LogP contribution in [-0.2, 0) is 4.74 Å². The topological polar surface area (TPSA) is 50.8 Å². The minimum Gasteiger partial charge on any atom is -0.385 e. The molecule has 2 fully saturated rings. The monoisotopic (exact) mass is 225 g/mol. The fraction of sp³-hybridized carbons (Fsp3) is 0.917. The summed E-state index contributed by atoms with van der Waals surface area (Å²) in [6.45, 7) is 8.04. The van der Waals surface area contributed by atoms with E-state index in [1.54, 1.807) is 0 Å². The van der Waals surface area contributed by atoms with Crippen LogP contribution in [0.5, 0.6) is 0 Å². The third-order valence-electron chi connectivity index (χ3n) is 3.36. The van der Waals surface area contributed by atoms with Crippen LogP contribution >= 0.6 is 0 Å². The number of hydrogen-bond acceptors (Lipinski definition) is 3. The molecule has 2 unspecified atom stereocenters. The van der Waals surface area contributed by atoms with E-state index in [2.05, 4.69) is 23.7 Å². The van der Waals surface area contributed by atoms with Gasteiger partial charge in [-0.3, -0.25) is 9.89 Å². The number of aliphatic imine (C=N–C) groups is 1. The Kier molecular flexibility index (Phi) is 3.82. The lowest BCUT2D eigenvalue weighted by Gasteiger charge is -2.34. The lowest BCUT2D eigenvalue weighted by atomic mass is 10.1. The van der Waals surface area contributed by atoms with Gasteiger partial charge in [0.2, 0.25) is 0 Å². The number of rotatable bonds is 3. The molecule has 0 radical (unpaired) electrons. The van der Waals surface area contributed by atoms with E-state index < -0.39 is 0 Å². The van der Waals surface area contributed by atoms with Gasteiger partial charge in [-0.2, -0.15) is 0 Å². The summed E-state index contributed by atoms with van der Waals surface area (Å²) in [7, 11) is 0. The Morgan fingerprint density at radius 3 is 3.12 bits per heavy atom. The Labute approximate surface area is 97.9 Å². The van der Waals surface area contributed by atoms with E-state index in [0.717, 1.165) is 19.7 Å². The highest BCUT2D eigenvalue weighted by atomic mass is 16.5. The normalized spacial score (nSPS) is 32.1. The number of hydrogen-bond donors (Lipinski definition) is 1. The van der Waals surface area contributed by atoms with Crippen LogP contribution in [0.2, 0.25) is 0 Å². The maximum atomic E-state index is 5.98. The van der Waals surface area contributed by atoms with Crippen molar-refractivity contribution >= 4 is 5.84 Å². The molecule has 16 heavy (non-hydrogen) atoms. The quantitative estimate of drug-likeness (QED) is 0.572. The summed E-state index contributed by atoms with van der Waals surface area (Å²) < 4.78 is 5.79. The molecule has 2 aliphatic heterocycles. The summed E-state index contributed by atoms with van der Waals surface area (Å²) in [5.74, 6) is 1.24. The second-order valence-electron chi connectivity index (χ2n) is 5.27. The van der Waals surface area contributed by atoms with E-state index in [9.17, 15) is 0 Å². The van der Waals surface area contributed by atoms with Crippen molar-refractivity contribution < 1.29 is 4.74 Å². The van der Waals surface area contributed by atoms with Crippen LogP contribution in [-0.4, -0.2) is 49.1 Å². The largest absolute Gasteiger partial charge is 0.385 e. The Balaban J connectivity index is 1.88. The predicted molar refractivity (Wildman–Crippen MR) is 65.7 cm³/mol. The summed E-state index contributed by atoms with van der Waals surface area (Å²) in [4.78, 5) is 6.90. The molecule has 0 aromatic rings. The lowest BCUT2D eigenvalue weighted by molar-refractivity contribution is -0.0167. The van der Waals surface area contributed by atoms with Gasteiger partial charge in [0.25, 0.3) is 0 Å². The van der Waals surface area contributed by atoms with Crippen LogP contribution in [0.25, 0.3) is 0 Å². The Hall–Kier alpha value is -0.610. The van der Waals surface area contributed by atoms with Crippen LogP contribution < -0.4 is 5.73 Å². The average Bonchev–Trinajstić information content (AvgIpc) is 2.72. The molecule has 0 aromatic carbocycles. The van der Waals surface area contributed by atoms with Gasteiger partial charge in [-0.25, -0.2) is 0 Å². The van der Waals surface area contributed by atoms with Gasteiger partial charge < -0.3 is 10.5 Å². The maximum absolute atomic E-state index is 5.98. The number of fused-ring (bicyclic) bond motifs is 1. The first-order valence-electron chi connectivity index (χ1n) is 6.32. The zero-order valence-corrected chi connectivity index (χ0v) is 10.4. The van der Waals surface area contributed by atoms with E-state index in [1.807, 2.05) is 0 Å². The smallest absolute Gasteiger partial charge is 0.127 e. The van der Waals surface area contributed by atoms with E-state index in [0.29, 0.717) is 17.8 Å². The van der Waals surface area contributed by atoms with Gasteiger partial charge in [-0.05, 0) is 25.3 Å². The molecule has 92 valence electrons. The van der Waals surface area contributed by atoms with Gasteiger partial charge in [0.15, 0.2) is 0 Å². The number of ether oxygens (including phenoxy) is 1. The second-order valence-corrected chi connectivity index (χ2v) is 5.27. The van der Waals surface area contributed by atoms with Crippen molar-refractivity contribution in [3.8, 4) is 0 Å². The molecular formula is C12H23N3O. The number of nitrogens with zero attached hydrogens (tertiary/aromatic N) is 2. The van der Waals surface area contributed by atoms with Crippen molar-refractivity contribution in [3.63, 3.8) is 0 Å². The second kappa shape index (κ2) is 5.15. The highest BCUT2D eigenvalue weighted by molar-refractivity contribution is 5.85. The molecule has 2 saturated heterocycles. The van der Waals surface area contributed by atoms with Crippen LogP contribution in [0.1, 0.15) is 26.7 Å². The van der Waals surface area contributed by atoms with E-state index in [1.165, 1.54) is 19.4 Å². The molecule has 0 bridgehead atoms. The van der Waals surface area contributed by atoms with Crippen molar-refractivity contribution in [2.24, 2.45) is 16.6 Å². The molecule has 2 aliphatic rings. The van der Waals surface area contributed by atoms with Crippen molar-refractivity contribution in [2.45, 2.75) is 38.8 Å². The molecule has 2 atom stereocenters. The highest BCUT2D eigenvalue weighted by Gasteiger charge is 2.33. The maximum Gasteiger partial charge on any atom is 0.127 e. The number of nitrogens with two attached hydrogens (primary N) is 1. The summed E-state index contributed by atoms with van der Waals surface area (Å²) in [6.07, 6.45) is 2.59. The summed E-state index contributed by atoms with van der Waals surface area (Å²) in [5, 5.41) is 0. The van der Waals surface area contributed by atoms with Crippen molar-refractivity contribution in [1.29, 1.82) is 0 Å². The zero-order chi connectivity index (χ0) is 11.5. The van der Waals surface area contributed by atoms with Gasteiger partial charge in [-0.1, -0.05) is 13.8 Å². The van der Waals surface area contributed by atoms with Gasteiger partial charge in [0.1, 0.15) is 11.9 Å². The van der Waals surface area contributed by atoms with E-state index in [-0.39, 0.29) is 6.10 Å². The molecule has 0 aromatic heterocycles. The zero-order valence-electron chi connectivity index (χ0n) is 10.4. The van der Waals surface area contributed by atoms with Crippen LogP contribution in [0.4, 0.5) is 0 Å². The third-order valence-corrected chi connectivity index (χ3v) is 3.36. The fourth-order valence-electron chi connectivity index (χ4n) is 2.39. The molecule has 0 spiro atoms. The molecular weight excluding hydrogens is 202 g/mol. The fourth-order valence-corrected chi connectivity index (χ4v) is 2.39. The van der Waals surface area contributed by atoms with Gasteiger partial charge in [0.05, 0.1) is 6.61 Å². The molecule has 2 rings (SSSR count). The van der Waals surface area contributed by atoms with E-state index >= 15 is 0 Å². The molecule has 0 aliphatic carbocycles. The Morgan fingerprint density at radius 2 is 2.38 bits per heavy atom. The summed E-state index contributed by atoms with van der Waals surface area (Å²) >= 11 is 0. The molecule has 2 heterocycles. The Bertz CT molecular complexity index is 265. The predicted octanol–water partition coefficient (Wildman–Crippen LogP) is 0.863. The first-order chi connectivity index (χ1) is 7.66. The minimum atomic E-state index is 0.0214. The van der Waals surface area contributed by atoms with Gasteiger partial charge in [-0.15, -0.1) is 0 Å². The van der Waals surface area contributed by atoms with Crippen molar-refractivity contribution in [3.05, 3.63) is 0 Å². The molecule has 0 saturated carbocycles. The summed E-state index contributed by atoms with van der Waals surface area (Å²) in [6, 6.07) is 0.633. The molecule has 0 amide bonds. The summed E-state index contributed by atoms with van der Waals surface area (Å²) in [5.41, 5.74) is 5.98. The standard InChI is InChI=1S/C12H23N3O/c1-9(2)6-14-12(13)11-7-15-5-3-4-10(15)8-16-11/h9-11H,3-8H2,1-2H3,(H2,13,14). The van der Waals surface area contributed by atoms with Crippen molar-refractivity contribution in [1.82, 2.24) is 4.90 Å². The van der Waals surface area contributed by atoms with Crippen LogP contribution in [0.15, 0.2) is 4.99 Å². The van der Waals surface area contributed by atoms with Gasteiger partial charge in [0, 0.05) is 19.1 Å². The Morgan fingerprint density at radius 1 is 1.56 bits per heavy atom.